The van der Waals surface area contributed by atoms with Crippen molar-refractivity contribution in [3.05, 3.63) is 59.9 Å². The lowest BCUT2D eigenvalue weighted by Gasteiger charge is -2.27. The highest BCUT2D eigenvalue weighted by Gasteiger charge is 2.29. The molecule has 0 spiro atoms. The Hall–Kier alpha value is -2.69. The van der Waals surface area contributed by atoms with Crippen LogP contribution in [0.25, 0.3) is 0 Å². The Morgan fingerprint density at radius 2 is 1.48 bits per heavy atom. The molecule has 2 amide bonds. The van der Waals surface area contributed by atoms with E-state index in [-0.39, 0.29) is 23.7 Å². The molecular formula is C22H27N3O2. The molecule has 1 heterocycles. The summed E-state index contributed by atoms with van der Waals surface area (Å²) in [5, 5.41) is 6.00. The van der Waals surface area contributed by atoms with E-state index in [1.165, 1.54) is 5.56 Å². The van der Waals surface area contributed by atoms with Gasteiger partial charge in [-0.25, -0.2) is 0 Å². The molecule has 0 atom stereocenters. The molecule has 0 radical (unpaired) electrons. The zero-order valence-corrected chi connectivity index (χ0v) is 15.8. The average molecular weight is 365 g/mol. The minimum atomic E-state index is -0.0138. The van der Waals surface area contributed by atoms with E-state index in [1.807, 2.05) is 36.4 Å². The Balaban J connectivity index is 1.43. The lowest BCUT2D eigenvalue weighted by molar-refractivity contribution is -0.128. The van der Waals surface area contributed by atoms with Crippen molar-refractivity contribution in [3.8, 4) is 0 Å². The second kappa shape index (κ2) is 9.31. The Bertz CT molecular complexity index is 751. The van der Waals surface area contributed by atoms with Crippen LogP contribution in [0.4, 0.5) is 5.69 Å². The van der Waals surface area contributed by atoms with Gasteiger partial charge in [-0.2, -0.15) is 0 Å². The zero-order valence-electron chi connectivity index (χ0n) is 15.8. The molecule has 1 aromatic carbocycles. The van der Waals surface area contributed by atoms with E-state index in [9.17, 15) is 9.59 Å². The van der Waals surface area contributed by atoms with Crippen molar-refractivity contribution < 1.29 is 9.59 Å². The first-order chi connectivity index (χ1) is 13.2. The van der Waals surface area contributed by atoms with Crippen LogP contribution in [0.5, 0.6) is 0 Å². The van der Waals surface area contributed by atoms with E-state index >= 15 is 0 Å². The number of nitrogens with zero attached hydrogens (tertiary/aromatic N) is 1. The van der Waals surface area contributed by atoms with E-state index in [0.29, 0.717) is 6.54 Å². The number of benzene rings is 1. The average Bonchev–Trinajstić information content (AvgIpc) is 2.73. The Morgan fingerprint density at radius 3 is 2.07 bits per heavy atom. The third kappa shape index (κ3) is 5.39. The Labute approximate surface area is 160 Å². The summed E-state index contributed by atoms with van der Waals surface area (Å²) >= 11 is 0. The predicted octanol–water partition coefficient (Wildman–Crippen LogP) is 3.71. The van der Waals surface area contributed by atoms with Crippen molar-refractivity contribution in [1.29, 1.82) is 0 Å². The maximum absolute atomic E-state index is 12.5. The standard InChI is InChI=1S/C22H27N3O2/c1-2-16-3-9-20(10-4-16)25-22(27)19-7-5-18(6-8-19)21(26)24-15-17-11-13-23-14-12-17/h3-4,9-14,18-19H,2,5-8,15H2,1H3,(H,24,26)(H,25,27). The van der Waals surface area contributed by atoms with Crippen LogP contribution < -0.4 is 10.6 Å². The van der Waals surface area contributed by atoms with Gasteiger partial charge in [0.05, 0.1) is 0 Å². The molecule has 5 nitrogen and oxygen atoms in total. The third-order valence-corrected chi connectivity index (χ3v) is 5.31. The number of aromatic nitrogens is 1. The Morgan fingerprint density at radius 1 is 0.889 bits per heavy atom. The SMILES string of the molecule is CCc1ccc(NC(=O)C2CCC(C(=O)NCc3ccncc3)CC2)cc1. The summed E-state index contributed by atoms with van der Waals surface area (Å²) in [5.41, 5.74) is 3.14. The summed E-state index contributed by atoms with van der Waals surface area (Å²) in [4.78, 5) is 28.8. The van der Waals surface area contributed by atoms with Gasteiger partial charge in [0.2, 0.25) is 11.8 Å². The van der Waals surface area contributed by atoms with Crippen LogP contribution in [0, 0.1) is 11.8 Å². The van der Waals surface area contributed by atoms with E-state index in [2.05, 4.69) is 22.5 Å². The molecule has 1 aliphatic carbocycles. The molecule has 1 aliphatic rings. The molecule has 1 aromatic heterocycles. The number of carbonyl (C=O) groups excluding carboxylic acids is 2. The number of nitrogens with one attached hydrogen (secondary N) is 2. The number of carbonyl (C=O) groups is 2. The molecule has 0 unspecified atom stereocenters. The molecule has 2 N–H and O–H groups in total. The predicted molar refractivity (Wildman–Crippen MR) is 106 cm³/mol. The third-order valence-electron chi connectivity index (χ3n) is 5.31. The minimum absolute atomic E-state index is 0.000255. The van der Waals surface area contributed by atoms with Crippen molar-refractivity contribution >= 4 is 17.5 Å². The number of pyridine rings is 1. The van der Waals surface area contributed by atoms with Crippen LogP contribution in [-0.2, 0) is 22.6 Å². The fourth-order valence-corrected chi connectivity index (χ4v) is 3.52. The second-order valence-electron chi connectivity index (χ2n) is 7.16. The van der Waals surface area contributed by atoms with Crippen molar-refractivity contribution in [1.82, 2.24) is 10.3 Å². The number of amides is 2. The highest BCUT2D eigenvalue weighted by molar-refractivity contribution is 5.92. The van der Waals surface area contributed by atoms with Gasteiger partial charge in [0.25, 0.3) is 0 Å². The molecule has 0 aliphatic heterocycles. The summed E-state index contributed by atoms with van der Waals surface area (Å²) in [7, 11) is 0. The van der Waals surface area contributed by atoms with Gasteiger partial charge in [0.15, 0.2) is 0 Å². The Kier molecular flexibility index (Phi) is 6.58. The first kappa shape index (κ1) is 19.1. The fourth-order valence-electron chi connectivity index (χ4n) is 3.52. The highest BCUT2D eigenvalue weighted by atomic mass is 16.2. The lowest BCUT2D eigenvalue weighted by atomic mass is 9.81. The number of rotatable bonds is 6. The maximum Gasteiger partial charge on any atom is 0.227 e. The van der Waals surface area contributed by atoms with Crippen molar-refractivity contribution in [3.63, 3.8) is 0 Å². The molecule has 5 heteroatoms. The highest BCUT2D eigenvalue weighted by Crippen LogP contribution is 2.30. The molecule has 0 bridgehead atoms. The molecule has 2 aromatic rings. The quantitative estimate of drug-likeness (QED) is 0.820. The second-order valence-corrected chi connectivity index (χ2v) is 7.16. The molecule has 142 valence electrons. The number of hydrogen-bond donors (Lipinski definition) is 2. The van der Waals surface area contributed by atoms with Gasteiger partial charge in [-0.05, 0) is 67.5 Å². The first-order valence-corrected chi connectivity index (χ1v) is 9.72. The zero-order chi connectivity index (χ0) is 19.1. The minimum Gasteiger partial charge on any atom is -0.352 e. The molecule has 1 saturated carbocycles. The first-order valence-electron chi connectivity index (χ1n) is 9.72. The van der Waals surface area contributed by atoms with Gasteiger partial charge in [0.1, 0.15) is 0 Å². The van der Waals surface area contributed by atoms with Crippen LogP contribution >= 0.6 is 0 Å². The molecule has 1 fully saturated rings. The maximum atomic E-state index is 12.5. The number of anilines is 1. The smallest absolute Gasteiger partial charge is 0.227 e. The molecule has 27 heavy (non-hydrogen) atoms. The van der Waals surface area contributed by atoms with E-state index in [0.717, 1.165) is 43.4 Å². The largest absolute Gasteiger partial charge is 0.352 e. The van der Waals surface area contributed by atoms with Crippen molar-refractivity contribution in [2.75, 3.05) is 5.32 Å². The van der Waals surface area contributed by atoms with Gasteiger partial charge in [0, 0.05) is 36.5 Å². The van der Waals surface area contributed by atoms with Crippen LogP contribution in [0.3, 0.4) is 0 Å². The van der Waals surface area contributed by atoms with Crippen LogP contribution in [-0.4, -0.2) is 16.8 Å². The summed E-state index contributed by atoms with van der Waals surface area (Å²) in [6.07, 6.45) is 7.46. The monoisotopic (exact) mass is 365 g/mol. The lowest BCUT2D eigenvalue weighted by Crippen LogP contribution is -2.35. The molecule has 3 rings (SSSR count). The summed E-state index contributed by atoms with van der Waals surface area (Å²) in [5.74, 6) is 0.135. The van der Waals surface area contributed by atoms with E-state index in [1.54, 1.807) is 12.4 Å². The topological polar surface area (TPSA) is 71.1 Å². The van der Waals surface area contributed by atoms with Gasteiger partial charge in [-0.1, -0.05) is 19.1 Å². The summed E-state index contributed by atoms with van der Waals surface area (Å²) in [6.45, 7) is 2.63. The fraction of sp³-hybridized carbons (Fsp3) is 0.409. The van der Waals surface area contributed by atoms with Gasteiger partial charge >= 0.3 is 0 Å². The normalized spacial score (nSPS) is 19.3. The van der Waals surface area contributed by atoms with E-state index < -0.39 is 0 Å². The van der Waals surface area contributed by atoms with E-state index in [4.69, 9.17) is 0 Å². The molecular weight excluding hydrogens is 338 g/mol. The van der Waals surface area contributed by atoms with Gasteiger partial charge < -0.3 is 10.6 Å². The number of aryl methyl sites for hydroxylation is 1. The number of hydrogen-bond acceptors (Lipinski definition) is 3. The van der Waals surface area contributed by atoms with Crippen LogP contribution in [0.1, 0.15) is 43.7 Å². The summed E-state index contributed by atoms with van der Waals surface area (Å²) < 4.78 is 0. The van der Waals surface area contributed by atoms with Crippen molar-refractivity contribution in [2.24, 2.45) is 11.8 Å². The van der Waals surface area contributed by atoms with Crippen LogP contribution in [0.15, 0.2) is 48.8 Å². The van der Waals surface area contributed by atoms with Crippen LogP contribution in [0.2, 0.25) is 0 Å². The van der Waals surface area contributed by atoms with Gasteiger partial charge in [-0.3, -0.25) is 14.6 Å². The van der Waals surface area contributed by atoms with Crippen molar-refractivity contribution in [2.45, 2.75) is 45.6 Å². The van der Waals surface area contributed by atoms with Gasteiger partial charge in [-0.15, -0.1) is 0 Å². The summed E-state index contributed by atoms with van der Waals surface area (Å²) in [6, 6.07) is 11.8. The molecule has 0 saturated heterocycles.